The van der Waals surface area contributed by atoms with Crippen molar-refractivity contribution in [1.29, 1.82) is 0 Å². The molecule has 6 heteroatoms. The molecular weight excluding hydrogens is 308 g/mol. The van der Waals surface area contributed by atoms with Gasteiger partial charge in [0.25, 0.3) is 5.91 Å². The molecule has 6 nitrogen and oxygen atoms in total. The van der Waals surface area contributed by atoms with E-state index < -0.39 is 5.97 Å². The van der Waals surface area contributed by atoms with Gasteiger partial charge in [-0.2, -0.15) is 0 Å². The Labute approximate surface area is 142 Å². The van der Waals surface area contributed by atoms with Crippen molar-refractivity contribution in [2.75, 3.05) is 37.7 Å². The second-order valence-corrected chi connectivity index (χ2v) is 6.86. The topological polar surface area (TPSA) is 70.1 Å². The van der Waals surface area contributed by atoms with Crippen molar-refractivity contribution >= 4 is 17.6 Å². The molecule has 3 rings (SSSR count). The highest BCUT2D eigenvalue weighted by Gasteiger charge is 2.43. The number of hydrogen-bond acceptors (Lipinski definition) is 4. The van der Waals surface area contributed by atoms with Gasteiger partial charge in [0.1, 0.15) is 6.61 Å². The van der Waals surface area contributed by atoms with Crippen molar-refractivity contribution in [2.24, 2.45) is 5.92 Å². The summed E-state index contributed by atoms with van der Waals surface area (Å²) in [4.78, 5) is 26.9. The number of carboxylic acid groups (broad SMARTS) is 1. The Morgan fingerprint density at radius 3 is 2.58 bits per heavy atom. The van der Waals surface area contributed by atoms with E-state index in [1.165, 1.54) is 0 Å². The van der Waals surface area contributed by atoms with Crippen LogP contribution in [-0.4, -0.2) is 60.3 Å². The molecule has 0 bridgehead atoms. The van der Waals surface area contributed by atoms with Gasteiger partial charge in [-0.15, -0.1) is 0 Å². The molecule has 0 spiro atoms. The van der Waals surface area contributed by atoms with Crippen LogP contribution in [0.5, 0.6) is 0 Å². The Hall–Kier alpha value is -1.92. The molecular formula is C18H24N2O4. The Morgan fingerprint density at radius 1 is 1.29 bits per heavy atom. The maximum Gasteiger partial charge on any atom is 0.317 e. The molecule has 0 radical (unpaired) electrons. The van der Waals surface area contributed by atoms with Crippen LogP contribution in [-0.2, 0) is 14.3 Å². The van der Waals surface area contributed by atoms with Gasteiger partial charge < -0.3 is 14.7 Å². The third-order valence-corrected chi connectivity index (χ3v) is 5.18. The first-order chi connectivity index (χ1) is 11.5. The number of benzene rings is 1. The molecule has 2 heterocycles. The monoisotopic (exact) mass is 332 g/mol. The number of carbonyl (C=O) groups is 2. The highest BCUT2D eigenvalue weighted by molar-refractivity contribution is 5.95. The number of likely N-dealkylation sites (tertiary alicyclic amines) is 1. The first-order valence-electron chi connectivity index (χ1n) is 8.41. The largest absolute Gasteiger partial charge is 0.480 e. The predicted octanol–water partition coefficient (Wildman–Crippen LogP) is 1.61. The number of rotatable bonds is 4. The number of ether oxygens (including phenoxy) is 1. The van der Waals surface area contributed by atoms with E-state index in [9.17, 15) is 9.59 Å². The molecule has 1 unspecified atom stereocenters. The number of nitrogens with zero attached hydrogens (tertiary/aromatic N) is 2. The van der Waals surface area contributed by atoms with Gasteiger partial charge in [0.2, 0.25) is 0 Å². The fourth-order valence-electron chi connectivity index (χ4n) is 3.74. The van der Waals surface area contributed by atoms with Gasteiger partial charge in [0, 0.05) is 5.69 Å². The van der Waals surface area contributed by atoms with Gasteiger partial charge in [0.15, 0.2) is 0 Å². The van der Waals surface area contributed by atoms with Crippen LogP contribution in [0.1, 0.15) is 19.8 Å². The summed E-state index contributed by atoms with van der Waals surface area (Å²) in [6.45, 7) is 4.33. The molecule has 1 aromatic carbocycles. The fourth-order valence-corrected chi connectivity index (χ4v) is 3.74. The summed E-state index contributed by atoms with van der Waals surface area (Å²) >= 11 is 0. The van der Waals surface area contributed by atoms with Gasteiger partial charge in [-0.05, 0) is 50.9 Å². The molecule has 0 saturated carbocycles. The zero-order valence-corrected chi connectivity index (χ0v) is 14.0. The Kier molecular flexibility index (Phi) is 4.87. The molecule has 2 aliphatic rings. The average molecular weight is 332 g/mol. The second kappa shape index (κ2) is 6.91. The highest BCUT2D eigenvalue weighted by Crippen LogP contribution is 2.35. The Balaban J connectivity index is 1.67. The molecule has 2 fully saturated rings. The first-order valence-corrected chi connectivity index (χ1v) is 8.41. The quantitative estimate of drug-likeness (QED) is 0.907. The van der Waals surface area contributed by atoms with E-state index in [4.69, 9.17) is 9.84 Å². The second-order valence-electron chi connectivity index (χ2n) is 6.86. The van der Waals surface area contributed by atoms with Crippen LogP contribution >= 0.6 is 0 Å². The van der Waals surface area contributed by atoms with Crippen molar-refractivity contribution in [3.63, 3.8) is 0 Å². The van der Waals surface area contributed by atoms with Gasteiger partial charge in [-0.3, -0.25) is 14.5 Å². The number of carboxylic acids is 1. The number of para-hydroxylation sites is 1. The maximum absolute atomic E-state index is 12.3. The van der Waals surface area contributed by atoms with Crippen LogP contribution < -0.4 is 4.90 Å². The number of aliphatic carboxylic acids is 1. The van der Waals surface area contributed by atoms with E-state index in [-0.39, 0.29) is 24.7 Å². The third-order valence-electron chi connectivity index (χ3n) is 5.18. The summed E-state index contributed by atoms with van der Waals surface area (Å²) in [5.41, 5.74) is 0.513. The molecule has 0 aliphatic carbocycles. The van der Waals surface area contributed by atoms with Gasteiger partial charge in [0.05, 0.1) is 18.7 Å². The van der Waals surface area contributed by atoms with Crippen molar-refractivity contribution in [2.45, 2.75) is 25.4 Å². The lowest BCUT2D eigenvalue weighted by atomic mass is 9.80. The standard InChI is InChI=1S/C18H24N2O4/c1-18(14-7-9-19(10-8-14)11-17(22)23)13-20(16(21)12-24-18)15-5-3-2-4-6-15/h2-6,14H,7-13H2,1H3,(H,22,23). The smallest absolute Gasteiger partial charge is 0.317 e. The van der Waals surface area contributed by atoms with E-state index in [0.29, 0.717) is 12.5 Å². The first kappa shape index (κ1) is 16.9. The number of anilines is 1. The van der Waals surface area contributed by atoms with Crippen LogP contribution in [0.4, 0.5) is 5.69 Å². The van der Waals surface area contributed by atoms with E-state index in [1.807, 2.05) is 40.1 Å². The lowest BCUT2D eigenvalue weighted by molar-refractivity contribution is -0.147. The average Bonchev–Trinajstić information content (AvgIpc) is 2.58. The van der Waals surface area contributed by atoms with E-state index in [2.05, 4.69) is 6.92 Å². The molecule has 0 aromatic heterocycles. The molecule has 1 N–H and O–H groups in total. The van der Waals surface area contributed by atoms with E-state index >= 15 is 0 Å². The molecule has 1 atom stereocenters. The highest BCUT2D eigenvalue weighted by atomic mass is 16.5. The van der Waals surface area contributed by atoms with Crippen molar-refractivity contribution in [3.05, 3.63) is 30.3 Å². The van der Waals surface area contributed by atoms with Crippen LogP contribution in [0.15, 0.2) is 30.3 Å². The summed E-state index contributed by atoms with van der Waals surface area (Å²) in [5.74, 6) is -0.474. The summed E-state index contributed by atoms with van der Waals surface area (Å²) in [5, 5.41) is 8.91. The molecule has 130 valence electrons. The van der Waals surface area contributed by atoms with Crippen molar-refractivity contribution in [3.8, 4) is 0 Å². The normalized spacial score (nSPS) is 26.5. The molecule has 1 aromatic rings. The Morgan fingerprint density at radius 2 is 1.96 bits per heavy atom. The number of morpholine rings is 1. The zero-order valence-electron chi connectivity index (χ0n) is 14.0. The minimum atomic E-state index is -0.783. The lowest BCUT2D eigenvalue weighted by Crippen LogP contribution is -2.58. The summed E-state index contributed by atoms with van der Waals surface area (Å²) in [7, 11) is 0. The number of piperidine rings is 1. The van der Waals surface area contributed by atoms with Crippen molar-refractivity contribution < 1.29 is 19.4 Å². The predicted molar refractivity (Wildman–Crippen MR) is 90.0 cm³/mol. The Bertz CT molecular complexity index is 598. The van der Waals surface area contributed by atoms with Crippen LogP contribution in [0.3, 0.4) is 0 Å². The van der Waals surface area contributed by atoms with Crippen molar-refractivity contribution in [1.82, 2.24) is 4.90 Å². The van der Waals surface area contributed by atoms with Gasteiger partial charge in [-0.1, -0.05) is 18.2 Å². The van der Waals surface area contributed by atoms with E-state index in [1.54, 1.807) is 0 Å². The molecule has 24 heavy (non-hydrogen) atoms. The summed E-state index contributed by atoms with van der Waals surface area (Å²) in [6.07, 6.45) is 1.78. The van der Waals surface area contributed by atoms with Gasteiger partial charge in [-0.25, -0.2) is 0 Å². The summed E-state index contributed by atoms with van der Waals surface area (Å²) < 4.78 is 5.96. The molecule has 2 aliphatic heterocycles. The summed E-state index contributed by atoms with van der Waals surface area (Å²) in [6, 6.07) is 9.68. The third kappa shape index (κ3) is 3.60. The lowest BCUT2D eigenvalue weighted by Gasteiger charge is -2.47. The number of hydrogen-bond donors (Lipinski definition) is 1. The number of carbonyl (C=O) groups excluding carboxylic acids is 1. The molecule has 2 saturated heterocycles. The minimum Gasteiger partial charge on any atom is -0.480 e. The number of amides is 1. The van der Waals surface area contributed by atoms with Crippen LogP contribution in [0, 0.1) is 5.92 Å². The SMILES string of the molecule is CC1(C2CCN(CC(=O)O)CC2)CN(c2ccccc2)C(=O)CO1. The van der Waals surface area contributed by atoms with Gasteiger partial charge >= 0.3 is 5.97 Å². The van der Waals surface area contributed by atoms with Crippen LogP contribution in [0.2, 0.25) is 0 Å². The molecule has 1 amide bonds. The minimum absolute atomic E-state index is 0.0120. The zero-order chi connectivity index (χ0) is 17.2. The fraction of sp³-hybridized carbons (Fsp3) is 0.556. The maximum atomic E-state index is 12.3. The van der Waals surface area contributed by atoms with Crippen LogP contribution in [0.25, 0.3) is 0 Å². The van der Waals surface area contributed by atoms with E-state index in [0.717, 1.165) is 31.6 Å².